The van der Waals surface area contributed by atoms with Gasteiger partial charge in [-0.05, 0) is 0 Å². The van der Waals surface area contributed by atoms with Crippen molar-refractivity contribution in [2.75, 3.05) is 0 Å². The Kier molecular flexibility index (Phi) is 10.2. The summed E-state index contributed by atoms with van der Waals surface area (Å²) in [5, 5.41) is 0. The van der Waals surface area contributed by atoms with Gasteiger partial charge >= 0.3 is 26.2 Å². The van der Waals surface area contributed by atoms with Crippen molar-refractivity contribution >= 4 is 0 Å². The third-order valence-corrected chi connectivity index (χ3v) is 3.54. The van der Waals surface area contributed by atoms with E-state index in [0.717, 1.165) is 0 Å². The molecule has 1 heteroatoms. The van der Waals surface area contributed by atoms with Gasteiger partial charge in [0.25, 0.3) is 0 Å². The monoisotopic (exact) mass is 332 g/mol. The maximum absolute atomic E-state index is 2.21. The molecule has 0 nitrogen and oxygen atoms in total. The van der Waals surface area contributed by atoms with Crippen molar-refractivity contribution in [1.29, 1.82) is 0 Å². The van der Waals surface area contributed by atoms with Crippen LogP contribution >= 0.6 is 0 Å². The van der Waals surface area contributed by atoms with E-state index in [2.05, 4.69) is 64.1 Å². The summed E-state index contributed by atoms with van der Waals surface area (Å²) in [6, 6.07) is 13.1. The first-order valence-corrected chi connectivity index (χ1v) is 7.23. The second-order valence-corrected chi connectivity index (χ2v) is 4.57. The molecule has 0 unspecified atom stereocenters. The van der Waals surface area contributed by atoms with Crippen LogP contribution in [-0.4, -0.2) is 0 Å². The molecule has 0 aliphatic carbocycles. The van der Waals surface area contributed by atoms with Gasteiger partial charge in [-0.3, -0.25) is 0 Å². The minimum absolute atomic E-state index is 0. The molecule has 2 aromatic carbocycles. The Morgan fingerprint density at radius 1 is 0.737 bits per heavy atom. The summed E-state index contributed by atoms with van der Waals surface area (Å²) in [5.74, 6) is 0. The maximum atomic E-state index is 2.21. The Hall–Kier alpha value is -0.417. The number of hydrogen-bond acceptors (Lipinski definition) is 0. The van der Waals surface area contributed by atoms with Crippen molar-refractivity contribution in [3.05, 3.63) is 58.7 Å². The van der Waals surface area contributed by atoms with E-state index in [1.54, 1.807) is 0 Å². The molecule has 0 aromatic heterocycles. The molecule has 0 radical (unpaired) electrons. The molecule has 0 saturated heterocycles. The molecule has 0 aliphatic heterocycles. The molecule has 0 heterocycles. The molecule has 19 heavy (non-hydrogen) atoms. The standard InChI is InChI=1S/2C9H13.Zr/c2*1-3-8-6-5-7-9(8)4-2;/h2*5-7H,3-4H2,1-2H3;/q2*-1;+2. The maximum Gasteiger partial charge on any atom is 2.00 e. The Balaban J connectivity index is 0.000000324. The quantitative estimate of drug-likeness (QED) is 0.686. The van der Waals surface area contributed by atoms with Crippen molar-refractivity contribution < 1.29 is 26.2 Å². The Labute approximate surface area is 138 Å². The smallest absolute Gasteiger partial charge is 0.213 e. The Bertz CT molecular complexity index is 355. The van der Waals surface area contributed by atoms with Crippen LogP contribution in [0.15, 0.2) is 36.4 Å². The van der Waals surface area contributed by atoms with E-state index in [9.17, 15) is 0 Å². The van der Waals surface area contributed by atoms with Crippen molar-refractivity contribution in [2.24, 2.45) is 0 Å². The summed E-state index contributed by atoms with van der Waals surface area (Å²) in [7, 11) is 0. The number of hydrogen-bond donors (Lipinski definition) is 0. The average molecular weight is 334 g/mol. The summed E-state index contributed by atoms with van der Waals surface area (Å²) in [4.78, 5) is 0. The van der Waals surface area contributed by atoms with E-state index in [4.69, 9.17) is 0 Å². The van der Waals surface area contributed by atoms with Crippen molar-refractivity contribution in [3.63, 3.8) is 0 Å². The average Bonchev–Trinajstić information content (AvgIpc) is 3.06. The van der Waals surface area contributed by atoms with Crippen LogP contribution in [0.2, 0.25) is 0 Å². The van der Waals surface area contributed by atoms with Gasteiger partial charge in [-0.15, -0.1) is 0 Å². The van der Waals surface area contributed by atoms with E-state index >= 15 is 0 Å². The molecule has 2 rings (SSSR count). The van der Waals surface area contributed by atoms with Gasteiger partial charge < -0.3 is 0 Å². The van der Waals surface area contributed by atoms with Crippen LogP contribution in [0.3, 0.4) is 0 Å². The van der Waals surface area contributed by atoms with E-state index < -0.39 is 0 Å². The first kappa shape index (κ1) is 18.6. The van der Waals surface area contributed by atoms with Gasteiger partial charge in [0.2, 0.25) is 0 Å². The largest absolute Gasteiger partial charge is 2.00 e. The molecule has 0 aliphatic rings. The summed E-state index contributed by atoms with van der Waals surface area (Å²) in [6.07, 6.45) is 4.71. The van der Waals surface area contributed by atoms with Gasteiger partial charge in [0, 0.05) is 0 Å². The van der Waals surface area contributed by atoms with Gasteiger partial charge in [-0.2, -0.15) is 34.4 Å². The van der Waals surface area contributed by atoms with Crippen LogP contribution < -0.4 is 0 Å². The zero-order valence-corrected chi connectivity index (χ0v) is 15.3. The van der Waals surface area contributed by atoms with Gasteiger partial charge in [-0.25, -0.2) is 24.3 Å². The summed E-state index contributed by atoms with van der Waals surface area (Å²) in [5.41, 5.74) is 6.05. The Morgan fingerprint density at radius 3 is 1.32 bits per heavy atom. The molecule has 0 N–H and O–H groups in total. The molecule has 0 saturated carbocycles. The Morgan fingerprint density at radius 2 is 1.11 bits per heavy atom. The number of aryl methyl sites for hydroxylation is 4. The van der Waals surface area contributed by atoms with Gasteiger partial charge in [0.05, 0.1) is 0 Å². The van der Waals surface area contributed by atoms with E-state index in [1.807, 2.05) is 0 Å². The van der Waals surface area contributed by atoms with E-state index in [0.29, 0.717) is 0 Å². The van der Waals surface area contributed by atoms with Crippen LogP contribution in [0.5, 0.6) is 0 Å². The van der Waals surface area contributed by atoms with Crippen molar-refractivity contribution in [3.8, 4) is 0 Å². The van der Waals surface area contributed by atoms with Crippen LogP contribution in [0, 0.1) is 0 Å². The third kappa shape index (κ3) is 5.61. The predicted molar refractivity (Wildman–Crippen MR) is 81.6 cm³/mol. The topological polar surface area (TPSA) is 0 Å². The fourth-order valence-corrected chi connectivity index (χ4v) is 2.37. The molecule has 102 valence electrons. The van der Waals surface area contributed by atoms with Gasteiger partial charge in [-0.1, -0.05) is 53.4 Å². The second kappa shape index (κ2) is 10.4. The molecule has 0 spiro atoms. The fraction of sp³-hybridized carbons (Fsp3) is 0.444. The zero-order valence-electron chi connectivity index (χ0n) is 12.8. The summed E-state index contributed by atoms with van der Waals surface area (Å²) >= 11 is 0. The second-order valence-electron chi connectivity index (χ2n) is 4.57. The minimum atomic E-state index is 0. The molecule has 0 atom stereocenters. The minimum Gasteiger partial charge on any atom is -0.213 e. The van der Waals surface area contributed by atoms with Crippen molar-refractivity contribution in [2.45, 2.75) is 53.4 Å². The number of rotatable bonds is 4. The molecule has 0 fully saturated rings. The van der Waals surface area contributed by atoms with Crippen LogP contribution in [-0.2, 0) is 51.9 Å². The molecule has 0 amide bonds. The van der Waals surface area contributed by atoms with Crippen LogP contribution in [0.25, 0.3) is 0 Å². The first-order chi connectivity index (χ1) is 8.76. The fourth-order valence-electron chi connectivity index (χ4n) is 2.37. The molecule has 2 aromatic rings. The first-order valence-electron chi connectivity index (χ1n) is 7.23. The van der Waals surface area contributed by atoms with Gasteiger partial charge in [0.15, 0.2) is 0 Å². The molecular weight excluding hydrogens is 307 g/mol. The zero-order chi connectivity index (χ0) is 13.4. The third-order valence-electron chi connectivity index (χ3n) is 3.54. The SMILES string of the molecule is CCc1ccc[c-]1CC.CCc1ccc[c-]1CC.[Zr+2]. The van der Waals surface area contributed by atoms with Crippen molar-refractivity contribution in [1.82, 2.24) is 0 Å². The van der Waals surface area contributed by atoms with E-state index in [1.165, 1.54) is 47.9 Å². The summed E-state index contributed by atoms with van der Waals surface area (Å²) < 4.78 is 0. The van der Waals surface area contributed by atoms with Gasteiger partial charge in [0.1, 0.15) is 0 Å². The van der Waals surface area contributed by atoms with Crippen LogP contribution in [0.1, 0.15) is 49.9 Å². The normalized spacial score (nSPS) is 9.47. The molecular formula is C18H26Zr. The predicted octanol–water partition coefficient (Wildman–Crippen LogP) is 5.06. The van der Waals surface area contributed by atoms with E-state index in [-0.39, 0.29) is 26.2 Å². The molecule has 0 bridgehead atoms. The van der Waals surface area contributed by atoms with Crippen LogP contribution in [0.4, 0.5) is 0 Å². The summed E-state index contributed by atoms with van der Waals surface area (Å²) in [6.45, 7) is 8.81.